The minimum Gasteiger partial charge on any atom is -0.278 e. The molecule has 1 N–H and O–H groups in total. The van der Waals surface area contributed by atoms with Gasteiger partial charge in [0.25, 0.3) is 10.0 Å². The number of sulfonamides is 1. The zero-order valence-electron chi connectivity index (χ0n) is 12.0. The lowest BCUT2D eigenvalue weighted by Crippen LogP contribution is -2.14. The number of aryl methyl sites for hydroxylation is 1. The lowest BCUT2D eigenvalue weighted by Gasteiger charge is -2.13. The number of anilines is 1. The van der Waals surface area contributed by atoms with E-state index < -0.39 is 21.8 Å². The first-order chi connectivity index (χ1) is 10.6. The van der Waals surface area contributed by atoms with Crippen molar-refractivity contribution in [2.75, 3.05) is 4.72 Å². The number of rotatable bonds is 3. The van der Waals surface area contributed by atoms with Crippen LogP contribution in [0.15, 0.2) is 47.4 Å². The molecular formula is C16H12F3NO2S. The van der Waals surface area contributed by atoms with Crippen LogP contribution in [0.1, 0.15) is 16.7 Å². The van der Waals surface area contributed by atoms with E-state index in [0.717, 1.165) is 23.8 Å². The Hall–Kier alpha value is -2.46. The van der Waals surface area contributed by atoms with Crippen molar-refractivity contribution >= 4 is 15.7 Å². The molecule has 0 heterocycles. The molecule has 2 aromatic carbocycles. The zero-order valence-corrected chi connectivity index (χ0v) is 12.8. The fraction of sp³-hybridized carbons (Fsp3) is 0.125. The van der Waals surface area contributed by atoms with Crippen molar-refractivity contribution in [2.24, 2.45) is 0 Å². The molecule has 0 saturated heterocycles. The predicted octanol–water partition coefficient (Wildman–Crippen LogP) is 3.80. The van der Waals surface area contributed by atoms with E-state index >= 15 is 0 Å². The highest BCUT2D eigenvalue weighted by molar-refractivity contribution is 7.92. The molecule has 0 saturated carbocycles. The Kier molecular flexibility index (Phi) is 4.39. The zero-order chi connectivity index (χ0) is 17.3. The standard InChI is InChI=1S/C16H12F3NO2S/c1-3-12-10-13(16(17,18)19)6-9-15(12)20-23(21,22)14-7-4-11(2)5-8-14/h1,4-10,20H,2H3. The van der Waals surface area contributed by atoms with Gasteiger partial charge in [-0.1, -0.05) is 23.6 Å². The SMILES string of the molecule is C#Cc1cc(C(F)(F)F)ccc1NS(=O)(=O)c1ccc(C)cc1. The van der Waals surface area contributed by atoms with Gasteiger partial charge in [0.15, 0.2) is 0 Å². The molecule has 0 aliphatic heterocycles. The molecule has 0 spiro atoms. The van der Waals surface area contributed by atoms with Crippen LogP contribution in [0.4, 0.5) is 18.9 Å². The summed E-state index contributed by atoms with van der Waals surface area (Å²) in [5.74, 6) is 2.06. The van der Waals surface area contributed by atoms with Gasteiger partial charge < -0.3 is 0 Å². The van der Waals surface area contributed by atoms with Crippen LogP contribution >= 0.6 is 0 Å². The minimum atomic E-state index is -4.56. The van der Waals surface area contributed by atoms with Gasteiger partial charge in [-0.2, -0.15) is 13.2 Å². The van der Waals surface area contributed by atoms with E-state index in [2.05, 4.69) is 10.6 Å². The summed E-state index contributed by atoms with van der Waals surface area (Å²) in [5, 5.41) is 0. The second-order valence-electron chi connectivity index (χ2n) is 4.82. The highest BCUT2D eigenvalue weighted by Crippen LogP contribution is 2.32. The van der Waals surface area contributed by atoms with Gasteiger partial charge in [-0.05, 0) is 37.3 Å². The highest BCUT2D eigenvalue weighted by Gasteiger charge is 2.31. The minimum absolute atomic E-state index is 0.00836. The second kappa shape index (κ2) is 5.97. The fourth-order valence-electron chi connectivity index (χ4n) is 1.85. The maximum absolute atomic E-state index is 12.7. The van der Waals surface area contributed by atoms with Crippen LogP contribution in [0, 0.1) is 19.3 Å². The van der Waals surface area contributed by atoms with Crippen molar-refractivity contribution < 1.29 is 21.6 Å². The topological polar surface area (TPSA) is 46.2 Å². The Morgan fingerprint density at radius 3 is 2.22 bits per heavy atom. The van der Waals surface area contributed by atoms with E-state index in [0.29, 0.717) is 0 Å². The molecule has 0 aliphatic carbocycles. The van der Waals surface area contributed by atoms with Gasteiger partial charge in [-0.25, -0.2) is 8.42 Å². The van der Waals surface area contributed by atoms with Crippen molar-refractivity contribution in [1.82, 2.24) is 0 Å². The first kappa shape index (κ1) is 16.9. The van der Waals surface area contributed by atoms with E-state index in [9.17, 15) is 21.6 Å². The Balaban J connectivity index is 2.40. The second-order valence-corrected chi connectivity index (χ2v) is 6.50. The molecule has 0 amide bonds. The number of terminal acetylenes is 1. The first-order valence-corrected chi connectivity index (χ1v) is 7.89. The molecular weight excluding hydrogens is 327 g/mol. The van der Waals surface area contributed by atoms with E-state index in [4.69, 9.17) is 6.42 Å². The smallest absolute Gasteiger partial charge is 0.278 e. The highest BCUT2D eigenvalue weighted by atomic mass is 32.2. The van der Waals surface area contributed by atoms with Gasteiger partial charge in [0.05, 0.1) is 16.1 Å². The quantitative estimate of drug-likeness (QED) is 0.865. The summed E-state index contributed by atoms with van der Waals surface area (Å²) < 4.78 is 64.7. The molecule has 0 aromatic heterocycles. The largest absolute Gasteiger partial charge is 0.416 e. The number of alkyl halides is 3. The molecule has 120 valence electrons. The third-order valence-corrected chi connectivity index (χ3v) is 4.46. The van der Waals surface area contributed by atoms with Gasteiger partial charge in [-0.3, -0.25) is 4.72 Å². The Labute approximate surface area is 132 Å². The molecule has 0 radical (unpaired) electrons. The number of halogens is 3. The Morgan fingerprint density at radius 2 is 1.70 bits per heavy atom. The summed E-state index contributed by atoms with van der Waals surface area (Å²) in [6.07, 6.45) is 0.632. The van der Waals surface area contributed by atoms with Gasteiger partial charge >= 0.3 is 6.18 Å². The van der Waals surface area contributed by atoms with Gasteiger partial charge in [-0.15, -0.1) is 6.42 Å². The van der Waals surface area contributed by atoms with Crippen LogP contribution in [0.3, 0.4) is 0 Å². The molecule has 2 rings (SSSR count). The van der Waals surface area contributed by atoms with E-state index in [1.165, 1.54) is 12.1 Å². The van der Waals surface area contributed by atoms with E-state index in [1.54, 1.807) is 19.1 Å². The summed E-state index contributed by atoms with van der Waals surface area (Å²) in [5.41, 5.74) is -0.330. The lowest BCUT2D eigenvalue weighted by atomic mass is 10.1. The van der Waals surface area contributed by atoms with Crippen LogP contribution in [0.2, 0.25) is 0 Å². The van der Waals surface area contributed by atoms with Crippen molar-refractivity contribution in [3.63, 3.8) is 0 Å². The molecule has 0 bridgehead atoms. The Morgan fingerprint density at radius 1 is 1.09 bits per heavy atom. The molecule has 23 heavy (non-hydrogen) atoms. The summed E-state index contributed by atoms with van der Waals surface area (Å²) in [4.78, 5) is -0.00836. The maximum Gasteiger partial charge on any atom is 0.416 e. The first-order valence-electron chi connectivity index (χ1n) is 6.41. The van der Waals surface area contributed by atoms with Gasteiger partial charge in [0, 0.05) is 5.56 Å². The van der Waals surface area contributed by atoms with Gasteiger partial charge in [0.2, 0.25) is 0 Å². The van der Waals surface area contributed by atoms with Crippen molar-refractivity contribution in [3.8, 4) is 12.3 Å². The molecule has 0 atom stereocenters. The third-order valence-electron chi connectivity index (χ3n) is 3.08. The van der Waals surface area contributed by atoms with Gasteiger partial charge in [0.1, 0.15) is 0 Å². The Bertz CT molecular complexity index is 864. The predicted molar refractivity (Wildman–Crippen MR) is 81.4 cm³/mol. The van der Waals surface area contributed by atoms with Crippen molar-refractivity contribution in [2.45, 2.75) is 18.0 Å². The number of benzene rings is 2. The van der Waals surface area contributed by atoms with E-state index in [1.807, 2.05) is 0 Å². The lowest BCUT2D eigenvalue weighted by molar-refractivity contribution is -0.137. The van der Waals surface area contributed by atoms with E-state index in [-0.39, 0.29) is 16.1 Å². The fourth-order valence-corrected chi connectivity index (χ4v) is 2.93. The van der Waals surface area contributed by atoms with Crippen LogP contribution in [0.25, 0.3) is 0 Å². The van der Waals surface area contributed by atoms with Crippen LogP contribution in [-0.4, -0.2) is 8.42 Å². The summed E-state index contributed by atoms with van der Waals surface area (Å²) >= 11 is 0. The average Bonchev–Trinajstić information content (AvgIpc) is 2.46. The molecule has 7 heteroatoms. The monoisotopic (exact) mass is 339 g/mol. The molecule has 0 unspecified atom stereocenters. The normalized spacial score (nSPS) is 11.8. The number of hydrogen-bond donors (Lipinski definition) is 1. The number of nitrogens with one attached hydrogen (secondary N) is 1. The molecule has 2 aromatic rings. The van der Waals surface area contributed by atoms with Crippen molar-refractivity contribution in [3.05, 3.63) is 59.2 Å². The molecule has 0 aliphatic rings. The average molecular weight is 339 g/mol. The molecule has 0 fully saturated rings. The third kappa shape index (κ3) is 3.85. The maximum atomic E-state index is 12.7. The van der Waals surface area contributed by atoms with Crippen LogP contribution in [0.5, 0.6) is 0 Å². The summed E-state index contributed by atoms with van der Waals surface area (Å²) in [6.45, 7) is 1.80. The summed E-state index contributed by atoms with van der Waals surface area (Å²) in [6, 6.07) is 8.53. The number of hydrogen-bond acceptors (Lipinski definition) is 2. The molecule has 3 nitrogen and oxygen atoms in total. The van der Waals surface area contributed by atoms with Crippen LogP contribution in [-0.2, 0) is 16.2 Å². The van der Waals surface area contributed by atoms with Crippen LogP contribution < -0.4 is 4.72 Å². The van der Waals surface area contributed by atoms with Crippen molar-refractivity contribution in [1.29, 1.82) is 0 Å². The summed E-state index contributed by atoms with van der Waals surface area (Å²) in [7, 11) is -3.94.